The van der Waals surface area contributed by atoms with E-state index in [0.29, 0.717) is 70.3 Å². The Morgan fingerprint density at radius 3 is 1.61 bits per heavy atom. The molecule has 336 valence electrons. The van der Waals surface area contributed by atoms with E-state index in [4.69, 9.17) is 24.7 Å². The number of ketones is 1. The van der Waals surface area contributed by atoms with E-state index in [9.17, 15) is 24.0 Å². The van der Waals surface area contributed by atoms with Crippen LogP contribution in [0.15, 0.2) is 12.7 Å². The van der Waals surface area contributed by atoms with E-state index in [1.807, 2.05) is 47.9 Å². The van der Waals surface area contributed by atoms with E-state index in [0.717, 1.165) is 6.42 Å². The van der Waals surface area contributed by atoms with Gasteiger partial charge in [0.1, 0.15) is 12.1 Å². The SMILES string of the molecule is C=CC(CCOCCOCCOCCOCCC(=O)NC(C(=O)NC(CCCNC(N)=O)C(=O)NC(CSC(C)C)C(=O)C(C)C)C(C)C)C(C)C.CC.CNC. The van der Waals surface area contributed by atoms with Gasteiger partial charge in [-0.3, -0.25) is 19.2 Å². The number of nitrogens with one attached hydrogen (secondary N) is 5. The van der Waals surface area contributed by atoms with E-state index in [1.165, 1.54) is 0 Å². The first-order valence-electron chi connectivity index (χ1n) is 20.6. The highest BCUT2D eigenvalue weighted by molar-refractivity contribution is 7.99. The lowest BCUT2D eigenvalue weighted by atomic mass is 9.93. The summed E-state index contributed by atoms with van der Waals surface area (Å²) in [7, 11) is 3.75. The molecule has 0 spiro atoms. The lowest BCUT2D eigenvalue weighted by molar-refractivity contribution is -0.134. The van der Waals surface area contributed by atoms with Crippen LogP contribution in [0.25, 0.3) is 0 Å². The number of carbonyl (C=O) groups excluding carboxylic acids is 5. The summed E-state index contributed by atoms with van der Waals surface area (Å²) >= 11 is 1.55. The fourth-order valence-electron chi connectivity index (χ4n) is 4.86. The molecule has 4 atom stereocenters. The molecule has 0 bridgehead atoms. The molecule has 0 saturated heterocycles. The number of ether oxygens (including phenoxy) is 4. The summed E-state index contributed by atoms with van der Waals surface area (Å²) in [6, 6.07) is -3.37. The number of hydrogen-bond donors (Lipinski definition) is 6. The van der Waals surface area contributed by atoms with Gasteiger partial charge < -0.3 is 51.3 Å². The van der Waals surface area contributed by atoms with Crippen molar-refractivity contribution in [2.45, 2.75) is 118 Å². The summed E-state index contributed by atoms with van der Waals surface area (Å²) < 4.78 is 22.2. The lowest BCUT2D eigenvalue weighted by Crippen LogP contribution is -2.57. The molecule has 0 radical (unpaired) electrons. The molecule has 5 amide bonds. The molecule has 0 rings (SSSR count). The van der Waals surface area contributed by atoms with Gasteiger partial charge in [0.2, 0.25) is 17.7 Å². The maximum Gasteiger partial charge on any atom is 0.312 e. The van der Waals surface area contributed by atoms with Crippen LogP contribution in [0.4, 0.5) is 4.79 Å². The molecule has 0 aromatic heterocycles. The van der Waals surface area contributed by atoms with Crippen molar-refractivity contribution in [2.24, 2.45) is 29.4 Å². The van der Waals surface area contributed by atoms with Crippen LogP contribution in [0.5, 0.6) is 0 Å². The normalized spacial score (nSPS) is 13.1. The Hall–Kier alpha value is -2.76. The van der Waals surface area contributed by atoms with Gasteiger partial charge in [-0.05, 0) is 56.4 Å². The number of thioether (sulfide) groups is 1. The van der Waals surface area contributed by atoms with Gasteiger partial charge in [0, 0.05) is 31.2 Å². The Morgan fingerprint density at radius 1 is 0.684 bits per heavy atom. The molecule has 0 aromatic carbocycles. The van der Waals surface area contributed by atoms with Gasteiger partial charge in [0.05, 0.1) is 52.3 Å². The monoisotopic (exact) mass is 835 g/mol. The Bertz CT molecular complexity index is 1070. The quantitative estimate of drug-likeness (QED) is 0.0421. The summed E-state index contributed by atoms with van der Waals surface area (Å²) in [6.45, 7) is 26.9. The minimum atomic E-state index is -1.01. The number of amides is 5. The van der Waals surface area contributed by atoms with Crippen molar-refractivity contribution in [3.8, 4) is 0 Å². The molecule has 0 fully saturated rings. The van der Waals surface area contributed by atoms with Crippen LogP contribution < -0.4 is 32.3 Å². The average molecular weight is 835 g/mol. The van der Waals surface area contributed by atoms with Crippen LogP contribution in [0, 0.1) is 23.7 Å². The Morgan fingerprint density at radius 2 is 1.18 bits per heavy atom. The lowest BCUT2D eigenvalue weighted by Gasteiger charge is -2.27. The van der Waals surface area contributed by atoms with Crippen molar-refractivity contribution in [1.82, 2.24) is 26.6 Å². The second kappa shape index (κ2) is 38.7. The van der Waals surface area contributed by atoms with Crippen molar-refractivity contribution < 1.29 is 42.9 Å². The number of carbonyl (C=O) groups is 5. The van der Waals surface area contributed by atoms with E-state index < -0.39 is 36.0 Å². The fourth-order valence-corrected chi connectivity index (χ4v) is 5.68. The van der Waals surface area contributed by atoms with Crippen molar-refractivity contribution in [3.05, 3.63) is 12.7 Å². The van der Waals surface area contributed by atoms with Crippen LogP contribution >= 0.6 is 11.8 Å². The molecule has 16 heteroatoms. The zero-order valence-corrected chi connectivity index (χ0v) is 38.3. The zero-order valence-electron chi connectivity index (χ0n) is 37.5. The van der Waals surface area contributed by atoms with Gasteiger partial charge in [-0.1, -0.05) is 75.3 Å². The van der Waals surface area contributed by atoms with Crippen LogP contribution in [0.3, 0.4) is 0 Å². The van der Waals surface area contributed by atoms with Gasteiger partial charge in [-0.15, -0.1) is 6.58 Å². The average Bonchev–Trinajstić information content (AvgIpc) is 3.15. The summed E-state index contributed by atoms with van der Waals surface area (Å²) in [6.07, 6.45) is 3.46. The topological polar surface area (TPSA) is 208 Å². The molecule has 7 N–H and O–H groups in total. The number of rotatable bonds is 32. The largest absolute Gasteiger partial charge is 0.379 e. The minimum Gasteiger partial charge on any atom is -0.379 e. The maximum atomic E-state index is 13.5. The molecular weight excluding hydrogens is 753 g/mol. The first kappa shape index (κ1) is 58.6. The van der Waals surface area contributed by atoms with Crippen LogP contribution in [-0.2, 0) is 38.1 Å². The molecule has 57 heavy (non-hydrogen) atoms. The molecule has 0 heterocycles. The Labute approximate surface area is 349 Å². The molecule has 15 nitrogen and oxygen atoms in total. The second-order valence-corrected chi connectivity index (χ2v) is 16.0. The molecule has 0 aliphatic rings. The fraction of sp³-hybridized carbons (Fsp3) is 0.829. The molecule has 0 saturated carbocycles. The summed E-state index contributed by atoms with van der Waals surface area (Å²) in [5.41, 5.74) is 5.16. The first-order valence-corrected chi connectivity index (χ1v) is 21.7. The standard InChI is InChI=1S/C37H69N5O9S.C2H7N.C2H6/c1-10-29(25(2)3)13-16-48-18-20-50-22-23-51-21-19-49-17-14-32(43)42-33(26(4)5)36(46)40-30(12-11-15-39-37(38)47)35(45)41-31(24-52-28(8)9)34(44)27(6)7;1-3-2;1-2/h10,25-31,33H,1,11-24H2,2-9H3,(H,40,46)(H,41,45)(H,42,43)(H3,38,39,47);3H,1-2H3;1-2H3. The van der Waals surface area contributed by atoms with Crippen LogP contribution in [-0.4, -0.2) is 132 Å². The van der Waals surface area contributed by atoms with E-state index in [-0.39, 0.29) is 54.8 Å². The first-order chi connectivity index (χ1) is 27.0. The van der Waals surface area contributed by atoms with Crippen LogP contribution in [0.2, 0.25) is 0 Å². The highest BCUT2D eigenvalue weighted by atomic mass is 32.2. The molecule has 4 unspecified atom stereocenters. The predicted molar refractivity (Wildman–Crippen MR) is 232 cm³/mol. The van der Waals surface area contributed by atoms with Gasteiger partial charge >= 0.3 is 6.03 Å². The zero-order chi connectivity index (χ0) is 44.2. The molecule has 0 aliphatic heterocycles. The highest BCUT2D eigenvalue weighted by Crippen LogP contribution is 2.16. The number of allylic oxidation sites excluding steroid dienone is 1. The van der Waals surface area contributed by atoms with E-state index >= 15 is 0 Å². The number of Topliss-reactive ketones (excluding diaryl/α,β-unsaturated/α-hetero) is 1. The number of hydrogen-bond acceptors (Lipinski definition) is 11. The number of primary amides is 1. The van der Waals surface area contributed by atoms with Gasteiger partial charge in [0.15, 0.2) is 5.78 Å². The maximum absolute atomic E-state index is 13.5. The van der Waals surface area contributed by atoms with Gasteiger partial charge in [-0.25, -0.2) is 4.79 Å². The second-order valence-electron chi connectivity index (χ2n) is 14.4. The third-order valence-electron chi connectivity index (χ3n) is 8.04. The van der Waals surface area contributed by atoms with Crippen molar-refractivity contribution in [2.75, 3.05) is 79.2 Å². The third kappa shape index (κ3) is 33.9. The number of nitrogens with two attached hydrogens (primary N) is 1. The van der Waals surface area contributed by atoms with Crippen molar-refractivity contribution >= 4 is 41.3 Å². The van der Waals surface area contributed by atoms with Gasteiger partial charge in [0.25, 0.3) is 0 Å². The summed E-state index contributed by atoms with van der Waals surface area (Å²) in [5.74, 6) is -0.740. The third-order valence-corrected chi connectivity index (χ3v) is 9.23. The molecule has 0 aliphatic carbocycles. The Balaban J connectivity index is -0.00000554. The van der Waals surface area contributed by atoms with Gasteiger partial charge in [-0.2, -0.15) is 11.8 Å². The smallest absolute Gasteiger partial charge is 0.312 e. The Kier molecular flexibility index (Phi) is 39.8. The van der Waals surface area contributed by atoms with Crippen molar-refractivity contribution in [3.63, 3.8) is 0 Å². The van der Waals surface area contributed by atoms with E-state index in [1.54, 1.807) is 39.5 Å². The summed E-state index contributed by atoms with van der Waals surface area (Å²) in [4.78, 5) is 63.7. The predicted octanol–water partition coefficient (Wildman–Crippen LogP) is 4.08. The number of urea groups is 1. The minimum absolute atomic E-state index is 0.0273. The van der Waals surface area contributed by atoms with E-state index in [2.05, 4.69) is 47.0 Å². The van der Waals surface area contributed by atoms with Crippen molar-refractivity contribution in [1.29, 1.82) is 0 Å². The summed E-state index contributed by atoms with van der Waals surface area (Å²) in [5, 5.41) is 13.8. The van der Waals surface area contributed by atoms with Crippen LogP contribution in [0.1, 0.15) is 94.9 Å². The highest BCUT2D eigenvalue weighted by Gasteiger charge is 2.31. The molecular formula is C41H82N6O9S. The molecule has 0 aromatic rings.